The Morgan fingerprint density at radius 2 is 2.17 bits per heavy atom. The first kappa shape index (κ1) is 9.03. The van der Waals surface area contributed by atoms with Crippen LogP contribution >= 0.6 is 0 Å². The number of aliphatic carboxylic acids is 1. The summed E-state index contributed by atoms with van der Waals surface area (Å²) in [5.41, 5.74) is -0.509. The van der Waals surface area contributed by atoms with Gasteiger partial charge in [0.1, 0.15) is 0 Å². The van der Waals surface area contributed by atoms with Crippen LogP contribution in [0.2, 0.25) is 0 Å². The second kappa shape index (κ2) is 2.47. The molecule has 1 unspecified atom stereocenters. The molecule has 0 aromatic rings. The Kier molecular flexibility index (Phi) is 1.86. The van der Waals surface area contributed by atoms with Crippen LogP contribution in [0.3, 0.4) is 0 Å². The van der Waals surface area contributed by atoms with E-state index in [0.29, 0.717) is 0 Å². The standard InChI is InChI=1S/C8H14N2O2/c1-5-9-8(2,3)6(7(11)12)10(5)4/h6H,1-4H3,(H,11,12). The molecule has 0 bridgehead atoms. The number of amidine groups is 1. The van der Waals surface area contributed by atoms with E-state index in [1.54, 1.807) is 11.9 Å². The van der Waals surface area contributed by atoms with Gasteiger partial charge < -0.3 is 10.0 Å². The van der Waals surface area contributed by atoms with Gasteiger partial charge in [-0.1, -0.05) is 0 Å². The van der Waals surface area contributed by atoms with Crippen LogP contribution in [0, 0.1) is 0 Å². The summed E-state index contributed by atoms with van der Waals surface area (Å²) in [4.78, 5) is 16.8. The largest absolute Gasteiger partial charge is 0.480 e. The van der Waals surface area contributed by atoms with E-state index in [9.17, 15) is 4.79 Å². The zero-order valence-electron chi connectivity index (χ0n) is 7.83. The predicted octanol–water partition coefficient (Wildman–Crippen LogP) is 0.582. The monoisotopic (exact) mass is 170 g/mol. The van der Waals surface area contributed by atoms with Gasteiger partial charge in [-0.05, 0) is 20.8 Å². The number of hydrogen-bond acceptors (Lipinski definition) is 3. The van der Waals surface area contributed by atoms with Crippen molar-refractivity contribution >= 4 is 11.8 Å². The fourth-order valence-electron chi connectivity index (χ4n) is 1.69. The van der Waals surface area contributed by atoms with Gasteiger partial charge in [-0.25, -0.2) is 4.79 Å². The van der Waals surface area contributed by atoms with Crippen LogP contribution < -0.4 is 0 Å². The normalized spacial score (nSPS) is 27.2. The molecular weight excluding hydrogens is 156 g/mol. The lowest BCUT2D eigenvalue weighted by Gasteiger charge is -2.26. The maximum absolute atomic E-state index is 10.9. The van der Waals surface area contributed by atoms with Gasteiger partial charge in [0.05, 0.1) is 11.4 Å². The molecule has 68 valence electrons. The first-order chi connectivity index (χ1) is 5.36. The van der Waals surface area contributed by atoms with Crippen molar-refractivity contribution in [2.24, 2.45) is 4.99 Å². The van der Waals surface area contributed by atoms with Crippen LogP contribution in [0.15, 0.2) is 4.99 Å². The van der Waals surface area contributed by atoms with E-state index in [0.717, 1.165) is 5.84 Å². The molecule has 0 saturated carbocycles. The van der Waals surface area contributed by atoms with Crippen molar-refractivity contribution in [2.45, 2.75) is 32.4 Å². The molecule has 1 aliphatic heterocycles. The van der Waals surface area contributed by atoms with E-state index in [1.807, 2.05) is 20.8 Å². The van der Waals surface area contributed by atoms with Crippen LogP contribution in [0.25, 0.3) is 0 Å². The first-order valence-electron chi connectivity index (χ1n) is 3.88. The first-order valence-corrected chi connectivity index (χ1v) is 3.88. The fourth-order valence-corrected chi connectivity index (χ4v) is 1.69. The molecule has 1 atom stereocenters. The van der Waals surface area contributed by atoms with E-state index >= 15 is 0 Å². The fraction of sp³-hybridized carbons (Fsp3) is 0.750. The summed E-state index contributed by atoms with van der Waals surface area (Å²) in [5, 5.41) is 8.92. The minimum absolute atomic E-state index is 0.509. The third-order valence-electron chi connectivity index (χ3n) is 2.25. The van der Waals surface area contributed by atoms with Gasteiger partial charge in [0.2, 0.25) is 0 Å². The molecule has 1 aliphatic rings. The molecule has 0 saturated heterocycles. The lowest BCUT2D eigenvalue weighted by molar-refractivity contribution is -0.142. The third kappa shape index (κ3) is 1.17. The zero-order valence-corrected chi connectivity index (χ0v) is 7.83. The molecule has 12 heavy (non-hydrogen) atoms. The molecule has 0 aliphatic carbocycles. The molecule has 0 amide bonds. The average molecular weight is 170 g/mol. The van der Waals surface area contributed by atoms with Crippen molar-refractivity contribution in [1.82, 2.24) is 4.90 Å². The van der Waals surface area contributed by atoms with Crippen molar-refractivity contribution in [3.8, 4) is 0 Å². The number of nitrogens with zero attached hydrogens (tertiary/aromatic N) is 2. The second-order valence-electron chi connectivity index (χ2n) is 3.66. The summed E-state index contributed by atoms with van der Waals surface area (Å²) in [6, 6.07) is -0.530. The minimum atomic E-state index is -0.817. The zero-order chi connectivity index (χ0) is 9.52. The molecule has 1 rings (SSSR count). The maximum Gasteiger partial charge on any atom is 0.328 e. The second-order valence-corrected chi connectivity index (χ2v) is 3.66. The van der Waals surface area contributed by atoms with E-state index < -0.39 is 17.6 Å². The molecule has 0 fully saturated rings. The number of aliphatic imine (C=N–C) groups is 1. The van der Waals surface area contributed by atoms with Crippen LogP contribution in [0.4, 0.5) is 0 Å². The lowest BCUT2D eigenvalue weighted by atomic mass is 9.96. The van der Waals surface area contributed by atoms with Crippen molar-refractivity contribution in [3.05, 3.63) is 0 Å². The number of carbonyl (C=O) groups is 1. The minimum Gasteiger partial charge on any atom is -0.480 e. The summed E-state index contributed by atoms with van der Waals surface area (Å²) in [5.74, 6) is -0.0319. The number of carboxylic acid groups (broad SMARTS) is 1. The summed E-state index contributed by atoms with van der Waals surface area (Å²) in [6.07, 6.45) is 0. The van der Waals surface area contributed by atoms with Crippen molar-refractivity contribution in [1.29, 1.82) is 0 Å². The van der Waals surface area contributed by atoms with Gasteiger partial charge in [-0.15, -0.1) is 0 Å². The highest BCUT2D eigenvalue weighted by molar-refractivity contribution is 5.90. The molecule has 4 heteroatoms. The molecule has 0 spiro atoms. The molecule has 0 radical (unpaired) electrons. The highest BCUT2D eigenvalue weighted by atomic mass is 16.4. The SMILES string of the molecule is CC1=NC(C)(C)C(C(=O)O)N1C. The Morgan fingerprint density at radius 3 is 2.33 bits per heavy atom. The highest BCUT2D eigenvalue weighted by Gasteiger charge is 2.43. The summed E-state index contributed by atoms with van der Waals surface area (Å²) in [7, 11) is 1.76. The molecule has 1 heterocycles. The van der Waals surface area contributed by atoms with Gasteiger partial charge in [-0.3, -0.25) is 4.99 Å². The molecule has 0 aromatic carbocycles. The van der Waals surface area contributed by atoms with Gasteiger partial charge in [0.15, 0.2) is 6.04 Å². The van der Waals surface area contributed by atoms with Gasteiger partial charge in [0, 0.05) is 7.05 Å². The Balaban J connectivity index is 2.99. The Hall–Kier alpha value is -1.06. The summed E-state index contributed by atoms with van der Waals surface area (Å²) < 4.78 is 0. The van der Waals surface area contributed by atoms with Crippen LogP contribution in [0.5, 0.6) is 0 Å². The van der Waals surface area contributed by atoms with Crippen LogP contribution in [0.1, 0.15) is 20.8 Å². The van der Waals surface area contributed by atoms with Crippen molar-refractivity contribution in [3.63, 3.8) is 0 Å². The van der Waals surface area contributed by atoms with Gasteiger partial charge in [-0.2, -0.15) is 0 Å². The summed E-state index contributed by atoms with van der Waals surface area (Å²) >= 11 is 0. The average Bonchev–Trinajstić information content (AvgIpc) is 2.01. The lowest BCUT2D eigenvalue weighted by Crippen LogP contribution is -2.47. The maximum atomic E-state index is 10.9. The van der Waals surface area contributed by atoms with Gasteiger partial charge >= 0.3 is 5.97 Å². The van der Waals surface area contributed by atoms with E-state index in [-0.39, 0.29) is 0 Å². The Labute approximate surface area is 71.9 Å². The topological polar surface area (TPSA) is 52.9 Å². The van der Waals surface area contributed by atoms with Crippen LogP contribution in [-0.2, 0) is 4.79 Å². The van der Waals surface area contributed by atoms with Crippen molar-refractivity contribution < 1.29 is 9.90 Å². The third-order valence-corrected chi connectivity index (χ3v) is 2.25. The Morgan fingerprint density at radius 1 is 1.67 bits per heavy atom. The summed E-state index contributed by atoms with van der Waals surface area (Å²) in [6.45, 7) is 5.49. The Bertz CT molecular complexity index is 245. The number of hydrogen-bond donors (Lipinski definition) is 1. The smallest absolute Gasteiger partial charge is 0.328 e. The highest BCUT2D eigenvalue weighted by Crippen LogP contribution is 2.26. The van der Waals surface area contributed by atoms with Gasteiger partial charge in [0.25, 0.3) is 0 Å². The quantitative estimate of drug-likeness (QED) is 0.626. The molecule has 4 nitrogen and oxygen atoms in total. The molecule has 1 N–H and O–H groups in total. The van der Waals surface area contributed by atoms with Crippen LogP contribution in [-0.4, -0.2) is 40.4 Å². The van der Waals surface area contributed by atoms with E-state index in [2.05, 4.69) is 4.99 Å². The number of carboxylic acids is 1. The van der Waals surface area contributed by atoms with E-state index in [1.165, 1.54) is 0 Å². The number of likely N-dealkylation sites (N-methyl/N-ethyl adjacent to an activating group) is 1. The number of rotatable bonds is 1. The predicted molar refractivity (Wildman–Crippen MR) is 46.4 cm³/mol. The van der Waals surface area contributed by atoms with E-state index in [4.69, 9.17) is 5.11 Å². The van der Waals surface area contributed by atoms with Crippen molar-refractivity contribution in [2.75, 3.05) is 7.05 Å². The molecular formula is C8H14N2O2. The molecule has 0 aromatic heterocycles.